The summed E-state index contributed by atoms with van der Waals surface area (Å²) in [6.45, 7) is 4.94. The molecule has 1 fully saturated rings. The topological polar surface area (TPSA) is 47.0 Å². The number of nitrogens with one attached hydrogen (secondary N) is 1. The number of hydrogen-bond donors (Lipinski definition) is 1. The van der Waals surface area contributed by atoms with E-state index in [0.717, 1.165) is 18.3 Å². The molecule has 1 saturated carbocycles. The van der Waals surface area contributed by atoms with Crippen molar-refractivity contribution >= 4 is 5.82 Å². The molecule has 1 aromatic rings. The summed E-state index contributed by atoms with van der Waals surface area (Å²) in [7, 11) is 0. The van der Waals surface area contributed by atoms with Gasteiger partial charge in [0.15, 0.2) is 0 Å². The first-order valence-electron chi connectivity index (χ1n) is 5.96. The van der Waals surface area contributed by atoms with Crippen LogP contribution in [0.15, 0.2) is 12.4 Å². The molecule has 0 saturated heterocycles. The Hall–Kier alpha value is -1.32. The Balaban J connectivity index is 1.82. The zero-order valence-corrected chi connectivity index (χ0v) is 9.94. The van der Waals surface area contributed by atoms with Crippen molar-refractivity contribution in [1.82, 2.24) is 9.97 Å². The van der Waals surface area contributed by atoms with Crippen molar-refractivity contribution in [3.05, 3.63) is 12.4 Å². The first kappa shape index (κ1) is 11.2. The van der Waals surface area contributed by atoms with E-state index in [9.17, 15) is 0 Å². The van der Waals surface area contributed by atoms with E-state index in [1.165, 1.54) is 19.3 Å². The van der Waals surface area contributed by atoms with Crippen molar-refractivity contribution in [2.75, 3.05) is 11.9 Å². The number of hydrogen-bond acceptors (Lipinski definition) is 4. The van der Waals surface area contributed by atoms with Gasteiger partial charge in [0.1, 0.15) is 5.82 Å². The third-order valence-electron chi connectivity index (χ3n) is 2.52. The minimum atomic E-state index is 0.135. The molecule has 1 N–H and O–H groups in total. The Bertz CT molecular complexity index is 337. The fourth-order valence-electron chi connectivity index (χ4n) is 1.54. The molecular formula is C12H19N3O. The third kappa shape index (κ3) is 3.68. The van der Waals surface area contributed by atoms with Crippen LogP contribution in [0.4, 0.5) is 5.82 Å². The van der Waals surface area contributed by atoms with Gasteiger partial charge in [-0.3, -0.25) is 4.98 Å². The SMILES string of the molecule is CC(C)Oc1cncc(NCCC2CC2)n1. The zero-order chi connectivity index (χ0) is 11.4. The first-order chi connectivity index (χ1) is 7.74. The smallest absolute Gasteiger partial charge is 0.234 e. The van der Waals surface area contributed by atoms with E-state index < -0.39 is 0 Å². The highest BCUT2D eigenvalue weighted by Crippen LogP contribution is 2.32. The second-order valence-electron chi connectivity index (χ2n) is 4.57. The minimum absolute atomic E-state index is 0.135. The molecule has 1 aliphatic rings. The van der Waals surface area contributed by atoms with E-state index in [2.05, 4.69) is 15.3 Å². The van der Waals surface area contributed by atoms with Crippen LogP contribution in [0.2, 0.25) is 0 Å². The van der Waals surface area contributed by atoms with Crippen molar-refractivity contribution in [2.24, 2.45) is 5.92 Å². The number of ether oxygens (including phenoxy) is 1. The molecule has 88 valence electrons. The van der Waals surface area contributed by atoms with Gasteiger partial charge in [-0.1, -0.05) is 12.8 Å². The maximum absolute atomic E-state index is 5.48. The second kappa shape index (κ2) is 5.14. The molecule has 0 aromatic carbocycles. The molecule has 1 aromatic heterocycles. The Kier molecular flexibility index (Phi) is 3.59. The van der Waals surface area contributed by atoms with Crippen molar-refractivity contribution in [3.63, 3.8) is 0 Å². The van der Waals surface area contributed by atoms with Gasteiger partial charge in [0.25, 0.3) is 0 Å². The van der Waals surface area contributed by atoms with Gasteiger partial charge < -0.3 is 10.1 Å². The molecule has 0 radical (unpaired) electrons. The fourth-order valence-corrected chi connectivity index (χ4v) is 1.54. The molecule has 0 spiro atoms. The Morgan fingerprint density at radius 1 is 1.44 bits per heavy atom. The maximum atomic E-state index is 5.48. The van der Waals surface area contributed by atoms with Crippen LogP contribution in [0.3, 0.4) is 0 Å². The lowest BCUT2D eigenvalue weighted by Gasteiger charge is -2.10. The van der Waals surface area contributed by atoms with Crippen molar-refractivity contribution in [1.29, 1.82) is 0 Å². The van der Waals surface area contributed by atoms with Crippen LogP contribution >= 0.6 is 0 Å². The summed E-state index contributed by atoms with van der Waals surface area (Å²) in [5.41, 5.74) is 0. The summed E-state index contributed by atoms with van der Waals surface area (Å²) in [4.78, 5) is 8.44. The van der Waals surface area contributed by atoms with Gasteiger partial charge in [0.05, 0.1) is 18.5 Å². The lowest BCUT2D eigenvalue weighted by molar-refractivity contribution is 0.232. The average molecular weight is 221 g/mol. The third-order valence-corrected chi connectivity index (χ3v) is 2.52. The Labute approximate surface area is 96.4 Å². The zero-order valence-electron chi connectivity index (χ0n) is 9.94. The van der Waals surface area contributed by atoms with Crippen LogP contribution in [0.5, 0.6) is 5.88 Å². The summed E-state index contributed by atoms with van der Waals surface area (Å²) in [6.07, 6.45) is 7.53. The summed E-state index contributed by atoms with van der Waals surface area (Å²) in [5, 5.41) is 3.28. The van der Waals surface area contributed by atoms with E-state index in [1.807, 2.05) is 13.8 Å². The van der Waals surface area contributed by atoms with Crippen LogP contribution < -0.4 is 10.1 Å². The highest BCUT2D eigenvalue weighted by atomic mass is 16.5. The number of aromatic nitrogens is 2. The van der Waals surface area contributed by atoms with E-state index in [0.29, 0.717) is 5.88 Å². The van der Waals surface area contributed by atoms with Gasteiger partial charge in [-0.05, 0) is 26.2 Å². The fraction of sp³-hybridized carbons (Fsp3) is 0.667. The van der Waals surface area contributed by atoms with Crippen molar-refractivity contribution < 1.29 is 4.74 Å². The molecule has 0 atom stereocenters. The summed E-state index contributed by atoms with van der Waals surface area (Å²) >= 11 is 0. The first-order valence-corrected chi connectivity index (χ1v) is 5.96. The predicted molar refractivity (Wildman–Crippen MR) is 63.6 cm³/mol. The Morgan fingerprint density at radius 2 is 2.25 bits per heavy atom. The molecule has 2 rings (SSSR count). The van der Waals surface area contributed by atoms with Crippen molar-refractivity contribution in [2.45, 2.75) is 39.2 Å². The molecule has 16 heavy (non-hydrogen) atoms. The van der Waals surface area contributed by atoms with Gasteiger partial charge in [0, 0.05) is 6.54 Å². The molecule has 0 aliphatic heterocycles. The van der Waals surface area contributed by atoms with Crippen LogP contribution in [-0.2, 0) is 0 Å². The molecule has 1 aliphatic carbocycles. The van der Waals surface area contributed by atoms with Crippen LogP contribution in [0, 0.1) is 5.92 Å². The standard InChI is InChI=1S/C12H19N3O/c1-9(2)16-12-8-13-7-11(15-12)14-6-5-10-3-4-10/h7-10H,3-6H2,1-2H3,(H,14,15). The van der Waals surface area contributed by atoms with Gasteiger partial charge in [-0.2, -0.15) is 4.98 Å². The van der Waals surface area contributed by atoms with Crippen molar-refractivity contribution in [3.8, 4) is 5.88 Å². The molecule has 4 nitrogen and oxygen atoms in total. The van der Waals surface area contributed by atoms with Crippen LogP contribution in [0.1, 0.15) is 33.1 Å². The average Bonchev–Trinajstić information content (AvgIpc) is 3.01. The maximum Gasteiger partial charge on any atom is 0.234 e. The monoisotopic (exact) mass is 221 g/mol. The predicted octanol–water partition coefficient (Wildman–Crippen LogP) is 2.48. The van der Waals surface area contributed by atoms with E-state index in [1.54, 1.807) is 12.4 Å². The normalized spacial score (nSPS) is 15.2. The molecular weight excluding hydrogens is 202 g/mol. The quantitative estimate of drug-likeness (QED) is 0.801. The highest BCUT2D eigenvalue weighted by Gasteiger charge is 2.20. The van der Waals surface area contributed by atoms with Gasteiger partial charge in [-0.15, -0.1) is 0 Å². The molecule has 0 bridgehead atoms. The summed E-state index contributed by atoms with van der Waals surface area (Å²) in [5.74, 6) is 2.33. The number of rotatable bonds is 6. The lowest BCUT2D eigenvalue weighted by Crippen LogP contribution is -2.09. The van der Waals surface area contributed by atoms with Crippen LogP contribution in [-0.4, -0.2) is 22.6 Å². The number of anilines is 1. The molecule has 4 heteroatoms. The molecule has 0 amide bonds. The van der Waals surface area contributed by atoms with E-state index in [4.69, 9.17) is 4.74 Å². The molecule has 0 unspecified atom stereocenters. The summed E-state index contributed by atoms with van der Waals surface area (Å²) in [6, 6.07) is 0. The lowest BCUT2D eigenvalue weighted by atomic mass is 10.3. The summed E-state index contributed by atoms with van der Waals surface area (Å²) < 4.78 is 5.48. The van der Waals surface area contributed by atoms with Gasteiger partial charge >= 0.3 is 0 Å². The minimum Gasteiger partial charge on any atom is -0.474 e. The van der Waals surface area contributed by atoms with Gasteiger partial charge in [-0.25, -0.2) is 0 Å². The molecule has 1 heterocycles. The second-order valence-corrected chi connectivity index (χ2v) is 4.57. The highest BCUT2D eigenvalue weighted by molar-refractivity contribution is 5.33. The van der Waals surface area contributed by atoms with E-state index in [-0.39, 0.29) is 6.10 Å². The van der Waals surface area contributed by atoms with E-state index >= 15 is 0 Å². The number of nitrogens with zero attached hydrogens (tertiary/aromatic N) is 2. The van der Waals surface area contributed by atoms with Gasteiger partial charge in [0.2, 0.25) is 5.88 Å². The van der Waals surface area contributed by atoms with Crippen LogP contribution in [0.25, 0.3) is 0 Å². The largest absolute Gasteiger partial charge is 0.474 e. The Morgan fingerprint density at radius 3 is 2.94 bits per heavy atom.